The minimum atomic E-state index is -0.404. The van der Waals surface area contributed by atoms with Crippen molar-refractivity contribution in [2.45, 2.75) is 38.5 Å². The Balaban J connectivity index is 1.46. The van der Waals surface area contributed by atoms with Crippen LogP contribution >= 0.6 is 0 Å². The van der Waals surface area contributed by atoms with Crippen molar-refractivity contribution < 1.29 is 19.1 Å². The van der Waals surface area contributed by atoms with E-state index in [0.717, 1.165) is 24.8 Å². The smallest absolute Gasteiger partial charge is 0.309 e. The van der Waals surface area contributed by atoms with Crippen LogP contribution in [0.2, 0.25) is 0 Å². The van der Waals surface area contributed by atoms with Gasteiger partial charge in [-0.1, -0.05) is 18.6 Å². The van der Waals surface area contributed by atoms with E-state index in [9.17, 15) is 14.4 Å². The summed E-state index contributed by atoms with van der Waals surface area (Å²) in [5, 5.41) is 11.3. The lowest BCUT2D eigenvalue weighted by Gasteiger charge is -2.36. The molecular formula is C20H22N2O4. The Morgan fingerprint density at radius 3 is 2.42 bits per heavy atom. The Morgan fingerprint density at radius 1 is 1.15 bits per heavy atom. The lowest BCUT2D eigenvalue weighted by Crippen LogP contribution is -2.40. The molecule has 0 unspecified atom stereocenters. The molecule has 2 fully saturated rings. The first-order valence-corrected chi connectivity index (χ1v) is 9.03. The number of nitrogens with zero attached hydrogens (tertiary/aromatic N) is 1. The van der Waals surface area contributed by atoms with Crippen molar-refractivity contribution in [3.63, 3.8) is 0 Å². The molecule has 2 bridgehead atoms. The van der Waals surface area contributed by atoms with Crippen molar-refractivity contribution in [3.8, 4) is 6.07 Å². The van der Waals surface area contributed by atoms with Gasteiger partial charge in [-0.05, 0) is 43.4 Å². The summed E-state index contributed by atoms with van der Waals surface area (Å²) < 4.78 is 5.17. The Morgan fingerprint density at radius 2 is 1.81 bits per heavy atom. The molecule has 26 heavy (non-hydrogen) atoms. The number of fused-ring (bicyclic) bond motifs is 2. The first kappa shape index (κ1) is 18.1. The topological polar surface area (TPSA) is 96.3 Å². The third kappa shape index (κ3) is 4.29. The van der Waals surface area contributed by atoms with Crippen LogP contribution in [0.3, 0.4) is 0 Å². The van der Waals surface area contributed by atoms with E-state index >= 15 is 0 Å². The van der Waals surface area contributed by atoms with Crippen LogP contribution in [-0.4, -0.2) is 24.3 Å². The zero-order valence-corrected chi connectivity index (χ0v) is 14.6. The molecular weight excluding hydrogens is 332 g/mol. The molecule has 2 saturated carbocycles. The molecule has 3 rings (SSSR count). The summed E-state index contributed by atoms with van der Waals surface area (Å²) in [5.74, 6) is -0.784. The highest BCUT2D eigenvalue weighted by atomic mass is 16.5. The average molecular weight is 354 g/mol. The summed E-state index contributed by atoms with van der Waals surface area (Å²) in [6.45, 7) is -0.335. The largest absolute Gasteiger partial charge is 0.455 e. The van der Waals surface area contributed by atoms with Crippen molar-refractivity contribution in [2.24, 2.45) is 17.8 Å². The van der Waals surface area contributed by atoms with Gasteiger partial charge in [0.05, 0.1) is 18.4 Å². The molecule has 0 aliphatic heterocycles. The van der Waals surface area contributed by atoms with E-state index < -0.39 is 5.91 Å². The zero-order chi connectivity index (χ0) is 18.5. The van der Waals surface area contributed by atoms with Crippen molar-refractivity contribution in [1.82, 2.24) is 0 Å². The molecule has 6 heteroatoms. The summed E-state index contributed by atoms with van der Waals surface area (Å²) in [5.41, 5.74) is 1.46. The number of rotatable bonds is 5. The molecule has 0 saturated heterocycles. The molecule has 0 aromatic heterocycles. The number of carbonyl (C=O) groups is 3. The van der Waals surface area contributed by atoms with Crippen LogP contribution in [0.25, 0.3) is 0 Å². The van der Waals surface area contributed by atoms with Gasteiger partial charge in [-0.15, -0.1) is 0 Å². The Hall–Kier alpha value is -2.68. The second-order valence-corrected chi connectivity index (χ2v) is 7.08. The van der Waals surface area contributed by atoms with E-state index in [1.165, 1.54) is 0 Å². The van der Waals surface area contributed by atoms with Crippen LogP contribution in [-0.2, 0) is 25.5 Å². The van der Waals surface area contributed by atoms with Gasteiger partial charge in [-0.25, -0.2) is 0 Å². The number of nitriles is 1. The van der Waals surface area contributed by atoms with Crippen LogP contribution < -0.4 is 5.32 Å². The van der Waals surface area contributed by atoms with Crippen LogP contribution in [0.1, 0.15) is 37.7 Å². The van der Waals surface area contributed by atoms with Gasteiger partial charge in [-0.3, -0.25) is 14.4 Å². The predicted molar refractivity (Wildman–Crippen MR) is 93.9 cm³/mol. The number of Topliss-reactive ketones (excluding diaryl/α,β-unsaturated/α-hetero) is 1. The highest BCUT2D eigenvalue weighted by Gasteiger charge is 2.41. The standard InChI is InChI=1S/C20H22N2O4/c21-9-8-13-4-6-17(7-5-13)22-18(23)12-26-20(25)16-10-14-2-1-3-15(11-16)19(14)24/h4-7,14-16H,1-3,8,10-12H2,(H,22,23)/t14-,15-/m1/s1. The monoisotopic (exact) mass is 354 g/mol. The average Bonchev–Trinajstić information content (AvgIpc) is 2.61. The summed E-state index contributed by atoms with van der Waals surface area (Å²) in [4.78, 5) is 36.3. The minimum absolute atomic E-state index is 0.0131. The molecule has 136 valence electrons. The van der Waals surface area contributed by atoms with Gasteiger partial charge in [0.25, 0.3) is 5.91 Å². The number of ether oxygens (including phenoxy) is 1. The van der Waals surface area contributed by atoms with Crippen molar-refractivity contribution in [1.29, 1.82) is 5.26 Å². The number of anilines is 1. The first-order chi connectivity index (χ1) is 12.6. The third-order valence-electron chi connectivity index (χ3n) is 5.25. The molecule has 1 aromatic rings. The first-order valence-electron chi connectivity index (χ1n) is 9.03. The number of amides is 1. The van der Waals surface area contributed by atoms with E-state index in [1.807, 2.05) is 0 Å². The third-order valence-corrected chi connectivity index (χ3v) is 5.25. The Kier molecular flexibility index (Phi) is 5.67. The molecule has 1 aromatic carbocycles. The fraction of sp³-hybridized carbons (Fsp3) is 0.500. The normalized spacial score (nSPS) is 24.4. The van der Waals surface area contributed by atoms with E-state index in [1.54, 1.807) is 24.3 Å². The minimum Gasteiger partial charge on any atom is -0.455 e. The molecule has 6 nitrogen and oxygen atoms in total. The van der Waals surface area contributed by atoms with Crippen LogP contribution in [0.15, 0.2) is 24.3 Å². The van der Waals surface area contributed by atoms with Crippen LogP contribution in [0.5, 0.6) is 0 Å². The summed E-state index contributed by atoms with van der Waals surface area (Å²) in [6.07, 6.45) is 4.20. The van der Waals surface area contributed by atoms with Gasteiger partial charge in [0.15, 0.2) is 6.61 Å². The Labute approximate surface area is 152 Å². The molecule has 2 aliphatic rings. The zero-order valence-electron chi connectivity index (χ0n) is 14.6. The molecule has 1 amide bonds. The van der Waals surface area contributed by atoms with Crippen molar-refractivity contribution >= 4 is 23.3 Å². The summed E-state index contributed by atoms with van der Waals surface area (Å²) >= 11 is 0. The molecule has 0 heterocycles. The number of ketones is 1. The quantitative estimate of drug-likeness (QED) is 0.820. The van der Waals surface area contributed by atoms with Crippen molar-refractivity contribution in [2.75, 3.05) is 11.9 Å². The maximum atomic E-state index is 12.3. The van der Waals surface area contributed by atoms with Crippen LogP contribution in [0.4, 0.5) is 5.69 Å². The number of nitrogens with one attached hydrogen (secondary N) is 1. The molecule has 1 N–H and O–H groups in total. The number of carbonyl (C=O) groups excluding carboxylic acids is 3. The second-order valence-electron chi connectivity index (χ2n) is 7.08. The van der Waals surface area contributed by atoms with Crippen molar-refractivity contribution in [3.05, 3.63) is 29.8 Å². The number of esters is 1. The number of hydrogen-bond donors (Lipinski definition) is 1. The maximum absolute atomic E-state index is 12.3. The van der Waals surface area contributed by atoms with Gasteiger partial charge in [0, 0.05) is 17.5 Å². The van der Waals surface area contributed by atoms with Gasteiger partial charge in [-0.2, -0.15) is 5.26 Å². The fourth-order valence-electron chi connectivity index (χ4n) is 3.92. The number of benzene rings is 1. The Bertz CT molecular complexity index is 719. The summed E-state index contributed by atoms with van der Waals surface area (Å²) in [6, 6.07) is 9.01. The van der Waals surface area contributed by atoms with Crippen LogP contribution in [0, 0.1) is 29.1 Å². The van der Waals surface area contributed by atoms with Gasteiger partial charge in [0.1, 0.15) is 5.78 Å². The predicted octanol–water partition coefficient (Wildman–Crippen LogP) is 2.63. The van der Waals surface area contributed by atoms with Gasteiger partial charge < -0.3 is 10.1 Å². The number of hydrogen-bond acceptors (Lipinski definition) is 5. The van der Waals surface area contributed by atoms with Gasteiger partial charge >= 0.3 is 5.97 Å². The van der Waals surface area contributed by atoms with E-state index in [-0.39, 0.29) is 30.3 Å². The molecule has 0 radical (unpaired) electrons. The summed E-state index contributed by atoms with van der Waals surface area (Å²) in [7, 11) is 0. The highest BCUT2D eigenvalue weighted by molar-refractivity contribution is 5.93. The lowest BCUT2D eigenvalue weighted by molar-refractivity contribution is -0.155. The second kappa shape index (κ2) is 8.13. The molecule has 0 spiro atoms. The van der Waals surface area contributed by atoms with Gasteiger partial charge in [0.2, 0.25) is 0 Å². The van der Waals surface area contributed by atoms with E-state index in [4.69, 9.17) is 10.00 Å². The molecule has 2 atom stereocenters. The van der Waals surface area contributed by atoms with E-state index in [0.29, 0.717) is 30.7 Å². The maximum Gasteiger partial charge on any atom is 0.309 e. The SMILES string of the molecule is N#CCc1ccc(NC(=O)COC(=O)C2C[C@H]3CCC[C@H](C2)C3=O)cc1. The molecule has 2 aliphatic carbocycles. The fourth-order valence-corrected chi connectivity index (χ4v) is 3.92. The lowest BCUT2D eigenvalue weighted by atomic mass is 9.67. The van der Waals surface area contributed by atoms with E-state index in [2.05, 4.69) is 11.4 Å². The highest BCUT2D eigenvalue weighted by Crippen LogP contribution is 2.40.